The van der Waals surface area contributed by atoms with E-state index in [1.54, 1.807) is 0 Å². The summed E-state index contributed by atoms with van der Waals surface area (Å²) in [7, 11) is 0. The Kier molecular flexibility index (Phi) is 3.03. The molecule has 1 aromatic heterocycles. The van der Waals surface area contributed by atoms with Crippen molar-refractivity contribution in [1.82, 2.24) is 15.3 Å². The van der Waals surface area contributed by atoms with Crippen LogP contribution < -0.4 is 11.1 Å². The molecule has 86 valence electrons. The Balaban J connectivity index is 1.90. The fourth-order valence-corrected chi connectivity index (χ4v) is 1.85. The van der Waals surface area contributed by atoms with E-state index >= 15 is 0 Å². The molecule has 1 fully saturated rings. The molecule has 16 heavy (non-hydrogen) atoms. The first kappa shape index (κ1) is 10.9. The Bertz CT molecular complexity index is 393. The third-order valence-electron chi connectivity index (χ3n) is 2.78. The Labute approximate surface area is 94.5 Å². The van der Waals surface area contributed by atoms with Gasteiger partial charge in [0, 0.05) is 6.04 Å². The lowest BCUT2D eigenvalue weighted by molar-refractivity contribution is 0.0943. The highest BCUT2D eigenvalue weighted by molar-refractivity contribution is 5.92. The fourth-order valence-electron chi connectivity index (χ4n) is 1.85. The molecule has 0 aromatic carbocycles. The lowest BCUT2D eigenvalue weighted by Crippen LogP contribution is -2.28. The fraction of sp³-hybridized carbons (Fsp3) is 0.545. The number of carbonyl (C=O) groups is 1. The van der Waals surface area contributed by atoms with Crippen LogP contribution in [0.15, 0.2) is 12.4 Å². The minimum absolute atomic E-state index is 0.177. The molecule has 5 nitrogen and oxygen atoms in total. The Morgan fingerprint density at radius 1 is 1.62 bits per heavy atom. The van der Waals surface area contributed by atoms with Gasteiger partial charge in [-0.05, 0) is 18.8 Å². The Morgan fingerprint density at radius 2 is 2.44 bits per heavy atom. The summed E-state index contributed by atoms with van der Waals surface area (Å²) in [6.45, 7) is 2.15. The number of amides is 1. The summed E-state index contributed by atoms with van der Waals surface area (Å²) >= 11 is 0. The molecule has 0 bridgehead atoms. The molecule has 1 amide bonds. The highest BCUT2D eigenvalue weighted by atomic mass is 16.2. The normalized spacial score (nSPS) is 22.8. The van der Waals surface area contributed by atoms with Crippen LogP contribution >= 0.6 is 0 Å². The minimum Gasteiger partial charge on any atom is -0.382 e. The molecule has 0 spiro atoms. The van der Waals surface area contributed by atoms with Gasteiger partial charge in [0.1, 0.15) is 11.5 Å². The SMILES string of the molecule is CCCC1CC1NC(=O)c1cncc(N)n1. The van der Waals surface area contributed by atoms with Gasteiger partial charge in [0.2, 0.25) is 0 Å². The number of aromatic nitrogens is 2. The van der Waals surface area contributed by atoms with Gasteiger partial charge in [-0.15, -0.1) is 0 Å². The summed E-state index contributed by atoms with van der Waals surface area (Å²) in [5, 5.41) is 2.94. The van der Waals surface area contributed by atoms with Crippen molar-refractivity contribution >= 4 is 11.7 Å². The van der Waals surface area contributed by atoms with Gasteiger partial charge in [-0.2, -0.15) is 0 Å². The van der Waals surface area contributed by atoms with Crippen molar-refractivity contribution in [3.8, 4) is 0 Å². The highest BCUT2D eigenvalue weighted by Crippen LogP contribution is 2.34. The predicted octanol–water partition coefficient (Wildman–Crippen LogP) is 0.977. The van der Waals surface area contributed by atoms with Gasteiger partial charge < -0.3 is 11.1 Å². The average Bonchev–Trinajstić information content (AvgIpc) is 2.97. The van der Waals surface area contributed by atoms with E-state index in [-0.39, 0.29) is 11.7 Å². The van der Waals surface area contributed by atoms with Crippen molar-refractivity contribution < 1.29 is 4.79 Å². The summed E-state index contributed by atoms with van der Waals surface area (Å²) in [6, 6.07) is 0.315. The van der Waals surface area contributed by atoms with Crippen LogP contribution in [0.3, 0.4) is 0 Å². The third kappa shape index (κ3) is 2.48. The van der Waals surface area contributed by atoms with E-state index in [0.717, 1.165) is 12.8 Å². The van der Waals surface area contributed by atoms with Gasteiger partial charge in [0.15, 0.2) is 0 Å². The third-order valence-corrected chi connectivity index (χ3v) is 2.78. The van der Waals surface area contributed by atoms with Gasteiger partial charge in [-0.3, -0.25) is 9.78 Å². The monoisotopic (exact) mass is 220 g/mol. The van der Waals surface area contributed by atoms with Crippen LogP contribution in [0.4, 0.5) is 5.82 Å². The number of anilines is 1. The molecule has 3 N–H and O–H groups in total. The van der Waals surface area contributed by atoms with E-state index in [2.05, 4.69) is 22.2 Å². The van der Waals surface area contributed by atoms with Crippen molar-refractivity contribution in [2.75, 3.05) is 5.73 Å². The van der Waals surface area contributed by atoms with Crippen LogP contribution in [0.2, 0.25) is 0 Å². The molecule has 1 saturated carbocycles. The smallest absolute Gasteiger partial charge is 0.271 e. The largest absolute Gasteiger partial charge is 0.382 e. The van der Waals surface area contributed by atoms with Crippen molar-refractivity contribution in [3.05, 3.63) is 18.1 Å². The van der Waals surface area contributed by atoms with Crippen LogP contribution in [-0.2, 0) is 0 Å². The van der Waals surface area contributed by atoms with Crippen LogP contribution in [-0.4, -0.2) is 21.9 Å². The van der Waals surface area contributed by atoms with E-state index in [9.17, 15) is 4.79 Å². The summed E-state index contributed by atoms with van der Waals surface area (Å²) < 4.78 is 0. The molecule has 5 heteroatoms. The molecule has 2 atom stereocenters. The maximum atomic E-state index is 11.7. The topological polar surface area (TPSA) is 80.9 Å². The van der Waals surface area contributed by atoms with Crippen LogP contribution in [0.5, 0.6) is 0 Å². The van der Waals surface area contributed by atoms with E-state index in [4.69, 9.17) is 5.73 Å². The second-order valence-corrected chi connectivity index (χ2v) is 4.19. The van der Waals surface area contributed by atoms with E-state index < -0.39 is 0 Å². The first-order valence-corrected chi connectivity index (χ1v) is 5.59. The number of nitrogens with zero attached hydrogens (tertiary/aromatic N) is 2. The molecule has 1 aliphatic rings. The number of nitrogen functional groups attached to an aromatic ring is 1. The van der Waals surface area contributed by atoms with E-state index in [1.165, 1.54) is 18.8 Å². The number of nitrogens with one attached hydrogen (secondary N) is 1. The molecule has 2 unspecified atom stereocenters. The molecule has 1 heterocycles. The number of hydrogen-bond donors (Lipinski definition) is 2. The molecule has 0 aliphatic heterocycles. The van der Waals surface area contributed by atoms with Crippen molar-refractivity contribution in [2.45, 2.75) is 32.2 Å². The van der Waals surface area contributed by atoms with Crippen LogP contribution in [0.1, 0.15) is 36.7 Å². The van der Waals surface area contributed by atoms with Gasteiger partial charge in [-0.25, -0.2) is 4.98 Å². The van der Waals surface area contributed by atoms with Crippen molar-refractivity contribution in [1.29, 1.82) is 0 Å². The second kappa shape index (κ2) is 4.47. The summed E-state index contributed by atoms with van der Waals surface area (Å²) in [5.74, 6) is 0.736. The maximum absolute atomic E-state index is 11.7. The van der Waals surface area contributed by atoms with Crippen LogP contribution in [0, 0.1) is 5.92 Å². The number of rotatable bonds is 4. The van der Waals surface area contributed by atoms with Gasteiger partial charge in [0.05, 0.1) is 12.4 Å². The average molecular weight is 220 g/mol. The quantitative estimate of drug-likeness (QED) is 0.792. The lowest BCUT2D eigenvalue weighted by Gasteiger charge is -2.03. The Morgan fingerprint density at radius 3 is 3.12 bits per heavy atom. The zero-order chi connectivity index (χ0) is 11.5. The highest BCUT2D eigenvalue weighted by Gasteiger charge is 2.37. The maximum Gasteiger partial charge on any atom is 0.271 e. The first-order valence-electron chi connectivity index (χ1n) is 5.59. The molecular weight excluding hydrogens is 204 g/mol. The summed E-state index contributed by atoms with van der Waals surface area (Å²) in [5.41, 5.74) is 5.76. The van der Waals surface area contributed by atoms with E-state index in [1.807, 2.05) is 0 Å². The van der Waals surface area contributed by atoms with Crippen molar-refractivity contribution in [3.63, 3.8) is 0 Å². The summed E-state index contributed by atoms with van der Waals surface area (Å²) in [6.07, 6.45) is 6.27. The van der Waals surface area contributed by atoms with E-state index in [0.29, 0.717) is 17.7 Å². The number of hydrogen-bond acceptors (Lipinski definition) is 4. The number of nitrogens with two attached hydrogens (primary N) is 1. The Hall–Kier alpha value is -1.65. The molecular formula is C11H16N4O. The molecule has 2 rings (SSSR count). The zero-order valence-electron chi connectivity index (χ0n) is 9.31. The van der Waals surface area contributed by atoms with Gasteiger partial charge >= 0.3 is 0 Å². The predicted molar refractivity (Wildman–Crippen MR) is 60.7 cm³/mol. The second-order valence-electron chi connectivity index (χ2n) is 4.19. The summed E-state index contributed by atoms with van der Waals surface area (Å²) in [4.78, 5) is 19.5. The van der Waals surface area contributed by atoms with Crippen LogP contribution in [0.25, 0.3) is 0 Å². The molecule has 0 saturated heterocycles. The standard InChI is InChI=1S/C11H16N4O/c1-2-3-7-4-8(7)15-11(16)9-5-13-6-10(12)14-9/h5-8H,2-4H2,1H3,(H2,12,14)(H,15,16). The molecule has 1 aliphatic carbocycles. The van der Waals surface area contributed by atoms with Crippen molar-refractivity contribution in [2.24, 2.45) is 5.92 Å². The first-order chi connectivity index (χ1) is 7.70. The lowest BCUT2D eigenvalue weighted by atomic mass is 10.2. The minimum atomic E-state index is -0.177. The molecule has 1 aromatic rings. The van der Waals surface area contributed by atoms with Gasteiger partial charge in [-0.1, -0.05) is 13.3 Å². The number of carbonyl (C=O) groups excluding carboxylic acids is 1. The van der Waals surface area contributed by atoms with Gasteiger partial charge in [0.25, 0.3) is 5.91 Å². The zero-order valence-corrected chi connectivity index (χ0v) is 9.31. The molecule has 0 radical (unpaired) electrons.